The predicted molar refractivity (Wildman–Crippen MR) is 71.1 cm³/mol. The minimum atomic E-state index is -1.03. The van der Waals surface area contributed by atoms with E-state index in [0.29, 0.717) is 17.1 Å². The Morgan fingerprint density at radius 3 is 2.60 bits per heavy atom. The lowest BCUT2D eigenvalue weighted by Gasteiger charge is -2.08. The van der Waals surface area contributed by atoms with Crippen LogP contribution in [0.25, 0.3) is 0 Å². The third-order valence-corrected chi connectivity index (χ3v) is 2.54. The van der Waals surface area contributed by atoms with E-state index in [1.165, 1.54) is 12.1 Å². The zero-order valence-electron chi connectivity index (χ0n) is 10.6. The van der Waals surface area contributed by atoms with E-state index >= 15 is 0 Å². The molecule has 104 valence electrons. The molecule has 0 bridgehead atoms. The van der Waals surface area contributed by atoms with E-state index in [2.05, 4.69) is 15.7 Å². The van der Waals surface area contributed by atoms with Crippen molar-refractivity contribution < 1.29 is 13.6 Å². The highest BCUT2D eigenvalue weighted by Gasteiger charge is 2.10. The lowest BCUT2D eigenvalue weighted by Crippen LogP contribution is -2.15. The Balaban J connectivity index is 2.23. The van der Waals surface area contributed by atoms with Crippen molar-refractivity contribution in [1.82, 2.24) is 4.98 Å². The molecular formula is C13H12F2N4O. The summed E-state index contributed by atoms with van der Waals surface area (Å²) in [6.07, 6.45) is 0. The van der Waals surface area contributed by atoms with Gasteiger partial charge in [0.05, 0.1) is 0 Å². The molecule has 1 amide bonds. The van der Waals surface area contributed by atoms with E-state index in [0.717, 1.165) is 12.1 Å². The lowest BCUT2D eigenvalue weighted by molar-refractivity contribution is 0.102. The summed E-state index contributed by atoms with van der Waals surface area (Å²) in [5, 5.41) is 2.46. The number of nitrogen functional groups attached to an aromatic ring is 1. The fourth-order valence-electron chi connectivity index (χ4n) is 1.65. The first-order valence-corrected chi connectivity index (χ1v) is 5.71. The van der Waals surface area contributed by atoms with Crippen molar-refractivity contribution in [3.05, 3.63) is 53.2 Å². The maximum absolute atomic E-state index is 13.1. The first-order chi connectivity index (χ1) is 9.49. The Bertz CT molecular complexity index is 661. The highest BCUT2D eigenvalue weighted by molar-refractivity contribution is 6.04. The summed E-state index contributed by atoms with van der Waals surface area (Å²) >= 11 is 0. The highest BCUT2D eigenvalue weighted by atomic mass is 19.2. The molecule has 0 saturated heterocycles. The first-order valence-electron chi connectivity index (χ1n) is 5.71. The van der Waals surface area contributed by atoms with Crippen LogP contribution in [0.15, 0.2) is 30.3 Å². The number of hydrogen-bond acceptors (Lipinski definition) is 4. The number of halogens is 2. The van der Waals surface area contributed by atoms with Gasteiger partial charge in [-0.15, -0.1) is 0 Å². The number of hydrogen-bond donors (Lipinski definition) is 3. The largest absolute Gasteiger partial charge is 0.322 e. The van der Waals surface area contributed by atoms with Crippen molar-refractivity contribution in [3.63, 3.8) is 0 Å². The fourth-order valence-corrected chi connectivity index (χ4v) is 1.65. The number of aryl methyl sites for hydroxylation is 1. The summed E-state index contributed by atoms with van der Waals surface area (Å²) < 4.78 is 25.8. The molecule has 1 aromatic heterocycles. The molecule has 0 atom stereocenters. The van der Waals surface area contributed by atoms with Gasteiger partial charge >= 0.3 is 0 Å². The predicted octanol–water partition coefficient (Wildman–Crippen LogP) is 2.21. The molecule has 0 radical (unpaired) electrons. The standard InChI is InChI=1S/C13H12F2N4O/c1-7-4-8(5-12(17-7)19-16)13(20)18-9-2-3-10(14)11(15)6-9/h2-6H,16H2,1H3,(H,17,19)(H,18,20). The molecule has 20 heavy (non-hydrogen) atoms. The molecular weight excluding hydrogens is 266 g/mol. The molecule has 0 aliphatic carbocycles. The van der Waals surface area contributed by atoms with Gasteiger partial charge in [-0.05, 0) is 31.2 Å². The number of amides is 1. The summed E-state index contributed by atoms with van der Waals surface area (Å²) in [5.74, 6) is 3.10. The first kappa shape index (κ1) is 13.9. The average molecular weight is 278 g/mol. The molecule has 0 spiro atoms. The second-order valence-electron chi connectivity index (χ2n) is 4.11. The minimum Gasteiger partial charge on any atom is -0.322 e. The number of nitrogens with two attached hydrogens (primary N) is 1. The van der Waals surface area contributed by atoms with Crippen LogP contribution in [0.2, 0.25) is 0 Å². The third-order valence-electron chi connectivity index (χ3n) is 2.54. The van der Waals surface area contributed by atoms with Gasteiger partial charge in [0.1, 0.15) is 5.82 Å². The normalized spacial score (nSPS) is 10.2. The number of carbonyl (C=O) groups is 1. The number of nitrogens with one attached hydrogen (secondary N) is 2. The van der Waals surface area contributed by atoms with E-state index < -0.39 is 17.5 Å². The third kappa shape index (κ3) is 3.07. The minimum absolute atomic E-state index is 0.158. The summed E-state index contributed by atoms with van der Waals surface area (Å²) in [6, 6.07) is 6.11. The Kier molecular flexibility index (Phi) is 3.90. The van der Waals surface area contributed by atoms with Crippen molar-refractivity contribution in [2.24, 2.45) is 5.84 Å². The quantitative estimate of drug-likeness (QED) is 0.594. The molecule has 1 aromatic carbocycles. The van der Waals surface area contributed by atoms with E-state index in [1.807, 2.05) is 0 Å². The van der Waals surface area contributed by atoms with Crippen LogP contribution in [0.4, 0.5) is 20.3 Å². The second-order valence-corrected chi connectivity index (χ2v) is 4.11. The number of rotatable bonds is 3. The van der Waals surface area contributed by atoms with Crippen LogP contribution in [-0.2, 0) is 0 Å². The van der Waals surface area contributed by atoms with Gasteiger partial charge in [-0.25, -0.2) is 19.6 Å². The second kappa shape index (κ2) is 5.62. The molecule has 2 aromatic rings. The Morgan fingerprint density at radius 2 is 1.95 bits per heavy atom. The van der Waals surface area contributed by atoms with Crippen molar-refractivity contribution in [2.75, 3.05) is 10.7 Å². The van der Waals surface area contributed by atoms with Crippen LogP contribution in [0, 0.1) is 18.6 Å². The molecule has 5 nitrogen and oxygen atoms in total. The molecule has 0 unspecified atom stereocenters. The van der Waals surface area contributed by atoms with Crippen LogP contribution in [-0.4, -0.2) is 10.9 Å². The van der Waals surface area contributed by atoms with Crippen LogP contribution >= 0.6 is 0 Å². The number of hydrazine groups is 1. The zero-order valence-corrected chi connectivity index (χ0v) is 10.6. The molecule has 0 fully saturated rings. The maximum Gasteiger partial charge on any atom is 0.255 e. The average Bonchev–Trinajstić information content (AvgIpc) is 2.42. The maximum atomic E-state index is 13.1. The molecule has 2 rings (SSSR count). The van der Waals surface area contributed by atoms with E-state index in [9.17, 15) is 13.6 Å². The number of aromatic nitrogens is 1. The zero-order chi connectivity index (χ0) is 14.7. The van der Waals surface area contributed by atoms with Gasteiger partial charge in [-0.2, -0.15) is 0 Å². The number of anilines is 2. The van der Waals surface area contributed by atoms with E-state index in [4.69, 9.17) is 5.84 Å². The molecule has 0 saturated carbocycles. The van der Waals surface area contributed by atoms with Crippen LogP contribution in [0.3, 0.4) is 0 Å². The van der Waals surface area contributed by atoms with Crippen LogP contribution in [0.1, 0.15) is 16.1 Å². The van der Waals surface area contributed by atoms with Gasteiger partial charge in [-0.1, -0.05) is 0 Å². The number of benzene rings is 1. The van der Waals surface area contributed by atoms with E-state index in [-0.39, 0.29) is 5.69 Å². The summed E-state index contributed by atoms with van der Waals surface area (Å²) in [6.45, 7) is 1.70. The van der Waals surface area contributed by atoms with Gasteiger partial charge in [0, 0.05) is 23.0 Å². The number of carbonyl (C=O) groups excluding carboxylic acids is 1. The van der Waals surface area contributed by atoms with E-state index in [1.54, 1.807) is 13.0 Å². The van der Waals surface area contributed by atoms with Crippen LogP contribution in [0.5, 0.6) is 0 Å². The topological polar surface area (TPSA) is 80.0 Å². The van der Waals surface area contributed by atoms with Crippen molar-refractivity contribution in [1.29, 1.82) is 0 Å². The lowest BCUT2D eigenvalue weighted by atomic mass is 10.2. The monoisotopic (exact) mass is 278 g/mol. The van der Waals surface area contributed by atoms with Gasteiger partial charge in [0.2, 0.25) is 0 Å². The summed E-state index contributed by atoms with van der Waals surface area (Å²) in [4.78, 5) is 16.0. The molecule has 0 aliphatic rings. The van der Waals surface area contributed by atoms with Crippen molar-refractivity contribution >= 4 is 17.4 Å². The Hall–Kier alpha value is -2.54. The summed E-state index contributed by atoms with van der Waals surface area (Å²) in [5.41, 5.74) is 3.40. The Labute approximate surface area is 113 Å². The highest BCUT2D eigenvalue weighted by Crippen LogP contribution is 2.15. The summed E-state index contributed by atoms with van der Waals surface area (Å²) in [7, 11) is 0. The molecule has 1 heterocycles. The fraction of sp³-hybridized carbons (Fsp3) is 0.0769. The SMILES string of the molecule is Cc1cc(C(=O)Nc2ccc(F)c(F)c2)cc(NN)n1. The van der Waals surface area contributed by atoms with Crippen molar-refractivity contribution in [3.8, 4) is 0 Å². The number of nitrogens with zero attached hydrogens (tertiary/aromatic N) is 1. The molecule has 0 aliphatic heterocycles. The van der Waals surface area contributed by atoms with Crippen molar-refractivity contribution in [2.45, 2.75) is 6.92 Å². The molecule has 7 heteroatoms. The van der Waals surface area contributed by atoms with Crippen LogP contribution < -0.4 is 16.6 Å². The van der Waals surface area contributed by atoms with Gasteiger partial charge in [0.25, 0.3) is 5.91 Å². The smallest absolute Gasteiger partial charge is 0.255 e. The van der Waals surface area contributed by atoms with Gasteiger partial charge in [0.15, 0.2) is 11.6 Å². The van der Waals surface area contributed by atoms with Gasteiger partial charge in [-0.3, -0.25) is 4.79 Å². The number of pyridine rings is 1. The Morgan fingerprint density at radius 1 is 1.20 bits per heavy atom. The molecule has 4 N–H and O–H groups in total. The van der Waals surface area contributed by atoms with Gasteiger partial charge < -0.3 is 10.7 Å².